The first-order valence-corrected chi connectivity index (χ1v) is 7.54. The van der Waals surface area contributed by atoms with Crippen LogP contribution in [0.1, 0.15) is 6.42 Å². The van der Waals surface area contributed by atoms with Gasteiger partial charge in [0.25, 0.3) is 0 Å². The molecule has 0 aliphatic heterocycles. The van der Waals surface area contributed by atoms with E-state index in [1.165, 1.54) is 0 Å². The zero-order chi connectivity index (χ0) is 14.4. The van der Waals surface area contributed by atoms with Gasteiger partial charge >= 0.3 is 0 Å². The Bertz CT molecular complexity index is 604. The van der Waals surface area contributed by atoms with Gasteiger partial charge in [-0.1, -0.05) is 35.9 Å². The second-order valence-corrected chi connectivity index (χ2v) is 5.63. The maximum absolute atomic E-state index is 11.8. The first-order valence-electron chi connectivity index (χ1n) is 6.08. The fraction of sp³-hybridized carbons (Fsp3) is 0.133. The van der Waals surface area contributed by atoms with E-state index < -0.39 is 0 Å². The number of para-hydroxylation sites is 2. The molecule has 0 saturated heterocycles. The maximum atomic E-state index is 11.8. The molecule has 1 amide bonds. The van der Waals surface area contributed by atoms with Gasteiger partial charge in [0.1, 0.15) is 5.75 Å². The first kappa shape index (κ1) is 15.1. The van der Waals surface area contributed by atoms with Gasteiger partial charge in [0.2, 0.25) is 5.91 Å². The second kappa shape index (κ2) is 7.50. The number of nitrogens with one attached hydrogen (secondary N) is 1. The Labute approximate surface area is 136 Å². The Morgan fingerprint density at radius 2 is 1.85 bits per heavy atom. The first-order chi connectivity index (χ1) is 9.66. The van der Waals surface area contributed by atoms with E-state index in [9.17, 15) is 4.79 Å². The van der Waals surface area contributed by atoms with Crippen molar-refractivity contribution >= 4 is 45.8 Å². The van der Waals surface area contributed by atoms with Crippen molar-refractivity contribution in [1.82, 2.24) is 0 Å². The average Bonchev–Trinajstić information content (AvgIpc) is 2.43. The summed E-state index contributed by atoms with van der Waals surface area (Å²) in [6.07, 6.45) is 0.274. The third-order valence-electron chi connectivity index (χ3n) is 2.57. The van der Waals surface area contributed by atoms with Crippen LogP contribution in [0.25, 0.3) is 0 Å². The summed E-state index contributed by atoms with van der Waals surface area (Å²) in [5, 5.41) is 3.40. The molecule has 0 saturated carbocycles. The summed E-state index contributed by atoms with van der Waals surface area (Å²) in [6.45, 7) is 0.291. The molecule has 0 fully saturated rings. The maximum Gasteiger partial charge on any atom is 0.227 e. The van der Waals surface area contributed by atoms with Gasteiger partial charge in [-0.25, -0.2) is 0 Å². The minimum Gasteiger partial charge on any atom is -0.491 e. The molecular formula is C15H13ClINO2. The summed E-state index contributed by atoms with van der Waals surface area (Å²) in [6, 6.07) is 14.8. The Kier molecular flexibility index (Phi) is 5.67. The number of hydrogen-bond acceptors (Lipinski definition) is 2. The molecule has 0 radical (unpaired) electrons. The van der Waals surface area contributed by atoms with Crippen LogP contribution in [0.4, 0.5) is 5.69 Å². The molecule has 5 heteroatoms. The molecule has 104 valence electrons. The van der Waals surface area contributed by atoms with Gasteiger partial charge in [-0.2, -0.15) is 0 Å². The predicted molar refractivity (Wildman–Crippen MR) is 89.4 cm³/mol. The van der Waals surface area contributed by atoms with E-state index in [1.807, 2.05) is 36.4 Å². The van der Waals surface area contributed by atoms with Crippen molar-refractivity contribution in [2.45, 2.75) is 6.42 Å². The number of hydrogen-bond donors (Lipinski definition) is 1. The third kappa shape index (κ3) is 4.38. The smallest absolute Gasteiger partial charge is 0.227 e. The fourth-order valence-corrected chi connectivity index (χ4v) is 2.30. The van der Waals surface area contributed by atoms with Gasteiger partial charge in [0.15, 0.2) is 0 Å². The number of anilines is 1. The molecule has 0 aromatic heterocycles. The molecule has 20 heavy (non-hydrogen) atoms. The number of ether oxygens (including phenoxy) is 1. The van der Waals surface area contributed by atoms with Crippen molar-refractivity contribution in [3.8, 4) is 5.75 Å². The van der Waals surface area contributed by atoms with Crippen LogP contribution in [-0.4, -0.2) is 12.5 Å². The van der Waals surface area contributed by atoms with E-state index in [0.717, 1.165) is 9.26 Å². The predicted octanol–water partition coefficient (Wildman–Crippen LogP) is 4.35. The normalized spacial score (nSPS) is 10.1. The van der Waals surface area contributed by atoms with E-state index >= 15 is 0 Å². The van der Waals surface area contributed by atoms with Gasteiger partial charge in [-0.3, -0.25) is 4.79 Å². The zero-order valence-corrected chi connectivity index (χ0v) is 13.5. The molecule has 0 atom stereocenters. The number of benzene rings is 2. The molecule has 0 aliphatic carbocycles. The lowest BCUT2D eigenvalue weighted by Gasteiger charge is -2.09. The van der Waals surface area contributed by atoms with Crippen LogP contribution in [0, 0.1) is 3.57 Å². The van der Waals surface area contributed by atoms with Gasteiger partial charge in [-0.15, -0.1) is 0 Å². The van der Waals surface area contributed by atoms with Gasteiger partial charge in [0, 0.05) is 3.57 Å². The number of rotatable bonds is 5. The molecule has 0 spiro atoms. The highest BCUT2D eigenvalue weighted by atomic mass is 127. The quantitative estimate of drug-likeness (QED) is 0.756. The molecule has 0 aliphatic rings. The largest absolute Gasteiger partial charge is 0.491 e. The summed E-state index contributed by atoms with van der Waals surface area (Å²) in [5.41, 5.74) is 0.816. The van der Waals surface area contributed by atoms with Crippen LogP contribution in [0.15, 0.2) is 48.5 Å². The molecule has 0 bridgehead atoms. The summed E-state index contributed by atoms with van der Waals surface area (Å²) >= 11 is 8.15. The van der Waals surface area contributed by atoms with Crippen molar-refractivity contribution < 1.29 is 9.53 Å². The molecule has 2 aromatic rings. The molecule has 2 rings (SSSR count). The van der Waals surface area contributed by atoms with Gasteiger partial charge in [0.05, 0.1) is 23.7 Å². The molecule has 0 heterocycles. The SMILES string of the molecule is O=C(CCOc1ccccc1Cl)Nc1ccccc1I. The van der Waals surface area contributed by atoms with Crippen LogP contribution >= 0.6 is 34.2 Å². The van der Waals surface area contributed by atoms with Crippen molar-refractivity contribution in [3.63, 3.8) is 0 Å². The van der Waals surface area contributed by atoms with Crippen molar-refractivity contribution in [2.75, 3.05) is 11.9 Å². The van der Waals surface area contributed by atoms with E-state index in [0.29, 0.717) is 17.4 Å². The Hall–Kier alpha value is -1.27. The lowest BCUT2D eigenvalue weighted by Crippen LogP contribution is -2.15. The van der Waals surface area contributed by atoms with Crippen LogP contribution in [-0.2, 0) is 4.79 Å². The van der Waals surface area contributed by atoms with E-state index in [4.69, 9.17) is 16.3 Å². The number of amides is 1. The summed E-state index contributed by atoms with van der Waals surface area (Å²) in [4.78, 5) is 11.8. The number of carbonyl (C=O) groups excluding carboxylic acids is 1. The monoisotopic (exact) mass is 401 g/mol. The molecule has 1 N–H and O–H groups in total. The van der Waals surface area contributed by atoms with Gasteiger partial charge < -0.3 is 10.1 Å². The third-order valence-corrected chi connectivity index (χ3v) is 3.82. The minimum absolute atomic E-state index is 0.0823. The van der Waals surface area contributed by atoms with Crippen LogP contribution in [0.5, 0.6) is 5.75 Å². The fourth-order valence-electron chi connectivity index (χ4n) is 1.59. The van der Waals surface area contributed by atoms with Gasteiger partial charge in [-0.05, 0) is 46.9 Å². The lowest BCUT2D eigenvalue weighted by molar-refractivity contribution is -0.116. The van der Waals surface area contributed by atoms with Crippen molar-refractivity contribution in [1.29, 1.82) is 0 Å². The summed E-state index contributed by atoms with van der Waals surface area (Å²) in [5.74, 6) is 0.512. The van der Waals surface area contributed by atoms with Crippen molar-refractivity contribution in [2.24, 2.45) is 0 Å². The Morgan fingerprint density at radius 1 is 1.15 bits per heavy atom. The minimum atomic E-state index is -0.0823. The van der Waals surface area contributed by atoms with E-state index in [2.05, 4.69) is 27.9 Å². The van der Waals surface area contributed by atoms with Crippen LogP contribution in [0.2, 0.25) is 5.02 Å². The molecule has 2 aromatic carbocycles. The van der Waals surface area contributed by atoms with Crippen molar-refractivity contribution in [3.05, 3.63) is 57.1 Å². The Balaban J connectivity index is 1.82. The zero-order valence-electron chi connectivity index (χ0n) is 10.6. The van der Waals surface area contributed by atoms with Crippen LogP contribution in [0.3, 0.4) is 0 Å². The summed E-state index contributed by atoms with van der Waals surface area (Å²) < 4.78 is 6.49. The number of carbonyl (C=O) groups is 1. The second-order valence-electron chi connectivity index (χ2n) is 4.06. The molecule has 0 unspecified atom stereocenters. The highest BCUT2D eigenvalue weighted by Crippen LogP contribution is 2.23. The molecule has 3 nitrogen and oxygen atoms in total. The number of halogens is 2. The highest BCUT2D eigenvalue weighted by molar-refractivity contribution is 14.1. The summed E-state index contributed by atoms with van der Waals surface area (Å²) in [7, 11) is 0. The van der Waals surface area contributed by atoms with E-state index in [-0.39, 0.29) is 12.3 Å². The highest BCUT2D eigenvalue weighted by Gasteiger charge is 2.06. The standard InChI is InChI=1S/C15H13ClINO2/c16-11-5-1-4-8-14(11)20-10-9-15(19)18-13-7-3-2-6-12(13)17/h1-8H,9-10H2,(H,18,19). The average molecular weight is 402 g/mol. The Morgan fingerprint density at radius 3 is 2.60 bits per heavy atom. The van der Waals surface area contributed by atoms with Crippen LogP contribution < -0.4 is 10.1 Å². The lowest BCUT2D eigenvalue weighted by atomic mass is 10.3. The topological polar surface area (TPSA) is 38.3 Å². The molecular weight excluding hydrogens is 389 g/mol. The van der Waals surface area contributed by atoms with E-state index in [1.54, 1.807) is 12.1 Å².